The highest BCUT2D eigenvalue weighted by Gasteiger charge is 2.16. The summed E-state index contributed by atoms with van der Waals surface area (Å²) in [5, 5.41) is 3.15. The maximum absolute atomic E-state index is 13.4. The lowest BCUT2D eigenvalue weighted by atomic mass is 9.90. The topological polar surface area (TPSA) is 12.0 Å². The van der Waals surface area contributed by atoms with Crippen LogP contribution in [0.25, 0.3) is 0 Å². The number of rotatable bonds is 5. The van der Waals surface area contributed by atoms with Crippen LogP contribution >= 0.6 is 0 Å². The zero-order valence-corrected chi connectivity index (χ0v) is 10.1. The Kier molecular flexibility index (Phi) is 4.87. The van der Waals surface area contributed by atoms with Crippen LogP contribution in [0.1, 0.15) is 25.8 Å². The number of nitrogens with one attached hydrogen (secondary N) is 1. The van der Waals surface area contributed by atoms with Gasteiger partial charge in [0.25, 0.3) is 0 Å². The molecule has 90 valence electrons. The predicted molar refractivity (Wildman–Crippen MR) is 62.4 cm³/mol. The smallest absolute Gasteiger partial charge is 0.126 e. The number of benzene rings is 1. The van der Waals surface area contributed by atoms with Crippen molar-refractivity contribution in [3.05, 3.63) is 35.4 Å². The van der Waals surface area contributed by atoms with E-state index in [1.807, 2.05) is 7.05 Å². The third kappa shape index (κ3) is 3.27. The molecule has 0 saturated carbocycles. The van der Waals surface area contributed by atoms with Crippen molar-refractivity contribution in [1.82, 2.24) is 5.32 Å². The Morgan fingerprint density at radius 2 is 2.00 bits per heavy atom. The van der Waals surface area contributed by atoms with Gasteiger partial charge >= 0.3 is 0 Å². The average molecular weight is 227 g/mol. The van der Waals surface area contributed by atoms with Crippen LogP contribution in [0.2, 0.25) is 0 Å². The van der Waals surface area contributed by atoms with Crippen molar-refractivity contribution in [1.29, 1.82) is 0 Å². The van der Waals surface area contributed by atoms with Crippen LogP contribution in [-0.2, 0) is 6.42 Å². The third-order valence-corrected chi connectivity index (χ3v) is 3.18. The number of hydrogen-bond acceptors (Lipinski definition) is 1. The van der Waals surface area contributed by atoms with Crippen LogP contribution < -0.4 is 5.32 Å². The summed E-state index contributed by atoms with van der Waals surface area (Å²) in [6.07, 6.45) is 1.51. The van der Waals surface area contributed by atoms with Crippen LogP contribution in [0.4, 0.5) is 8.78 Å². The van der Waals surface area contributed by atoms with E-state index in [1.165, 1.54) is 12.1 Å². The lowest BCUT2D eigenvalue weighted by Crippen LogP contribution is -2.31. The summed E-state index contributed by atoms with van der Waals surface area (Å²) in [5.74, 6) is -0.368. The van der Waals surface area contributed by atoms with Gasteiger partial charge in [-0.15, -0.1) is 0 Å². The van der Waals surface area contributed by atoms with E-state index in [9.17, 15) is 8.78 Å². The highest BCUT2D eigenvalue weighted by Crippen LogP contribution is 2.19. The molecule has 1 nitrogen and oxygen atoms in total. The molecule has 3 heteroatoms. The van der Waals surface area contributed by atoms with Gasteiger partial charge in [0.2, 0.25) is 0 Å². The highest BCUT2D eigenvalue weighted by atomic mass is 19.1. The molecule has 2 unspecified atom stereocenters. The Labute approximate surface area is 95.9 Å². The van der Waals surface area contributed by atoms with Crippen molar-refractivity contribution in [2.24, 2.45) is 5.92 Å². The van der Waals surface area contributed by atoms with E-state index < -0.39 is 0 Å². The Bertz CT molecular complexity index is 339. The van der Waals surface area contributed by atoms with Crippen molar-refractivity contribution < 1.29 is 8.78 Å². The first-order valence-corrected chi connectivity index (χ1v) is 5.69. The van der Waals surface area contributed by atoms with Gasteiger partial charge in [-0.3, -0.25) is 0 Å². The van der Waals surface area contributed by atoms with E-state index in [0.29, 0.717) is 23.9 Å². The quantitative estimate of drug-likeness (QED) is 0.814. The molecule has 0 fully saturated rings. The predicted octanol–water partition coefficient (Wildman–Crippen LogP) is 3.14. The highest BCUT2D eigenvalue weighted by molar-refractivity contribution is 5.19. The van der Waals surface area contributed by atoms with Crippen LogP contribution in [0.3, 0.4) is 0 Å². The Balaban J connectivity index is 2.81. The van der Waals surface area contributed by atoms with Gasteiger partial charge in [-0.2, -0.15) is 0 Å². The van der Waals surface area contributed by atoms with E-state index in [-0.39, 0.29) is 11.6 Å². The first kappa shape index (κ1) is 13.1. The fourth-order valence-corrected chi connectivity index (χ4v) is 1.89. The molecule has 16 heavy (non-hydrogen) atoms. The number of hydrogen-bond donors (Lipinski definition) is 1. The molecule has 0 spiro atoms. The van der Waals surface area contributed by atoms with Gasteiger partial charge in [0.05, 0.1) is 0 Å². The van der Waals surface area contributed by atoms with Crippen molar-refractivity contribution in [3.8, 4) is 0 Å². The fourth-order valence-electron chi connectivity index (χ4n) is 1.89. The molecule has 0 heterocycles. The van der Waals surface area contributed by atoms with Gasteiger partial charge in [0, 0.05) is 6.04 Å². The maximum Gasteiger partial charge on any atom is 0.126 e. The lowest BCUT2D eigenvalue weighted by Gasteiger charge is -2.22. The van der Waals surface area contributed by atoms with E-state index >= 15 is 0 Å². The molecule has 0 saturated heterocycles. The number of halogens is 2. The van der Waals surface area contributed by atoms with E-state index in [0.717, 1.165) is 12.5 Å². The summed E-state index contributed by atoms with van der Waals surface area (Å²) < 4.78 is 26.4. The second-order valence-electron chi connectivity index (χ2n) is 4.19. The van der Waals surface area contributed by atoms with Crippen LogP contribution in [0.15, 0.2) is 18.2 Å². The fraction of sp³-hybridized carbons (Fsp3) is 0.538. The van der Waals surface area contributed by atoms with Gasteiger partial charge in [0.15, 0.2) is 0 Å². The van der Waals surface area contributed by atoms with E-state index in [4.69, 9.17) is 0 Å². The van der Waals surface area contributed by atoms with Gasteiger partial charge in [-0.05, 0) is 50.1 Å². The molecule has 0 aliphatic rings. The van der Waals surface area contributed by atoms with Crippen molar-refractivity contribution in [2.75, 3.05) is 7.05 Å². The molecular weight excluding hydrogens is 208 g/mol. The van der Waals surface area contributed by atoms with Crippen LogP contribution in [0.5, 0.6) is 0 Å². The SMILES string of the molecule is CCC(Cc1cc(F)ccc1F)C(C)NC. The first-order chi connectivity index (χ1) is 7.58. The summed E-state index contributed by atoms with van der Waals surface area (Å²) in [6, 6.07) is 3.94. The molecule has 1 N–H and O–H groups in total. The van der Waals surface area contributed by atoms with E-state index in [2.05, 4.69) is 19.2 Å². The molecule has 0 aliphatic carbocycles. The molecule has 0 aromatic heterocycles. The molecule has 2 atom stereocenters. The largest absolute Gasteiger partial charge is 0.317 e. The minimum Gasteiger partial charge on any atom is -0.317 e. The maximum atomic E-state index is 13.4. The van der Waals surface area contributed by atoms with Gasteiger partial charge < -0.3 is 5.32 Å². The molecule has 0 amide bonds. The first-order valence-electron chi connectivity index (χ1n) is 5.69. The van der Waals surface area contributed by atoms with Crippen molar-refractivity contribution >= 4 is 0 Å². The average Bonchev–Trinajstić information content (AvgIpc) is 2.29. The van der Waals surface area contributed by atoms with Crippen LogP contribution in [-0.4, -0.2) is 13.1 Å². The summed E-state index contributed by atoms with van der Waals surface area (Å²) in [7, 11) is 1.88. The molecule has 0 aliphatic heterocycles. The normalized spacial score (nSPS) is 14.8. The monoisotopic (exact) mass is 227 g/mol. The minimum atomic E-state index is -0.372. The lowest BCUT2D eigenvalue weighted by molar-refractivity contribution is 0.376. The standard InChI is InChI=1S/C13H19F2N/c1-4-10(9(2)16-3)7-11-8-12(14)5-6-13(11)15/h5-6,8-10,16H,4,7H2,1-3H3. The van der Waals surface area contributed by atoms with Crippen molar-refractivity contribution in [2.45, 2.75) is 32.7 Å². The molecule has 0 bridgehead atoms. The summed E-state index contributed by atoms with van der Waals surface area (Å²) in [4.78, 5) is 0. The third-order valence-electron chi connectivity index (χ3n) is 3.18. The second-order valence-corrected chi connectivity index (χ2v) is 4.19. The Morgan fingerprint density at radius 1 is 1.31 bits per heavy atom. The zero-order chi connectivity index (χ0) is 12.1. The van der Waals surface area contributed by atoms with Crippen LogP contribution in [0, 0.1) is 17.6 Å². The van der Waals surface area contributed by atoms with Gasteiger partial charge in [-0.1, -0.05) is 13.3 Å². The molecule has 1 aromatic rings. The molecule has 1 rings (SSSR count). The molecule has 0 radical (unpaired) electrons. The Morgan fingerprint density at radius 3 is 2.56 bits per heavy atom. The Hall–Kier alpha value is -0.960. The van der Waals surface area contributed by atoms with Gasteiger partial charge in [0.1, 0.15) is 11.6 Å². The van der Waals surface area contributed by atoms with Gasteiger partial charge in [-0.25, -0.2) is 8.78 Å². The van der Waals surface area contributed by atoms with E-state index in [1.54, 1.807) is 0 Å². The zero-order valence-electron chi connectivity index (χ0n) is 10.1. The summed E-state index contributed by atoms with van der Waals surface area (Å²) >= 11 is 0. The minimum absolute atomic E-state index is 0.299. The molecule has 1 aromatic carbocycles. The van der Waals surface area contributed by atoms with Crippen molar-refractivity contribution in [3.63, 3.8) is 0 Å². The molecular formula is C13H19F2N. The summed E-state index contributed by atoms with van der Waals surface area (Å²) in [6.45, 7) is 4.13. The second kappa shape index (κ2) is 5.94. The summed E-state index contributed by atoms with van der Waals surface area (Å²) in [5.41, 5.74) is 0.467.